The molecular weight excluding hydrogens is 284 g/mol. The van der Waals surface area contributed by atoms with Gasteiger partial charge in [0.2, 0.25) is 9.84 Å². The Balaban J connectivity index is 1.70. The first kappa shape index (κ1) is 14.3. The number of hydrogen-bond donors (Lipinski definition) is 0. The average molecular weight is 302 g/mol. The van der Waals surface area contributed by atoms with Crippen LogP contribution in [0, 0.1) is 0 Å². The summed E-state index contributed by atoms with van der Waals surface area (Å²) in [5.41, 5.74) is -0.106. The van der Waals surface area contributed by atoms with Gasteiger partial charge in [-0.3, -0.25) is 0 Å². The molecular formula is C17H18O3S. The van der Waals surface area contributed by atoms with Gasteiger partial charge in [-0.25, -0.2) is 8.42 Å². The van der Waals surface area contributed by atoms with Gasteiger partial charge in [0.1, 0.15) is 5.60 Å². The summed E-state index contributed by atoms with van der Waals surface area (Å²) in [6.07, 6.45) is 1.52. The fraction of sp³-hybridized carbons (Fsp3) is 0.294. The predicted octanol–water partition coefficient (Wildman–Crippen LogP) is 3.21. The topological polar surface area (TPSA) is 46.7 Å². The van der Waals surface area contributed by atoms with Crippen LogP contribution in [-0.4, -0.2) is 19.5 Å². The van der Waals surface area contributed by atoms with Gasteiger partial charge in [0.15, 0.2) is 5.44 Å². The molecule has 3 nitrogen and oxygen atoms in total. The van der Waals surface area contributed by atoms with Crippen molar-refractivity contribution in [1.29, 1.82) is 0 Å². The molecule has 0 amide bonds. The lowest BCUT2D eigenvalue weighted by atomic mass is 10.0. The molecule has 0 aromatic heterocycles. The highest BCUT2D eigenvalue weighted by Crippen LogP contribution is 2.45. The van der Waals surface area contributed by atoms with Crippen LogP contribution in [0.15, 0.2) is 65.6 Å². The van der Waals surface area contributed by atoms with Gasteiger partial charge in [-0.05, 0) is 37.5 Å². The predicted molar refractivity (Wildman–Crippen MR) is 81.7 cm³/mol. The van der Waals surface area contributed by atoms with Crippen LogP contribution in [0.4, 0.5) is 0 Å². The molecule has 0 aliphatic carbocycles. The third-order valence-electron chi connectivity index (χ3n) is 3.92. The van der Waals surface area contributed by atoms with Crippen molar-refractivity contribution in [2.45, 2.75) is 35.7 Å². The lowest BCUT2D eigenvalue weighted by molar-refractivity contribution is 0.305. The standard InChI is InChI=1S/C17H18O3S/c1-17(13-12-14-8-4-2-5-9-14)16(20-17)21(18,19)15-10-6-3-7-11-15/h2-11,16H,12-13H2,1H3/t16-,17-/m0/s1. The maximum atomic E-state index is 12.5. The van der Waals surface area contributed by atoms with E-state index in [2.05, 4.69) is 0 Å². The zero-order valence-electron chi connectivity index (χ0n) is 11.9. The minimum absolute atomic E-state index is 0.332. The molecule has 1 fully saturated rings. The Bertz CT molecular complexity index is 710. The van der Waals surface area contributed by atoms with E-state index in [0.29, 0.717) is 11.3 Å². The highest BCUT2D eigenvalue weighted by atomic mass is 32.2. The van der Waals surface area contributed by atoms with E-state index in [1.165, 1.54) is 5.56 Å². The van der Waals surface area contributed by atoms with E-state index >= 15 is 0 Å². The molecule has 2 aromatic carbocycles. The van der Waals surface area contributed by atoms with Crippen molar-refractivity contribution in [2.24, 2.45) is 0 Å². The van der Waals surface area contributed by atoms with Crippen molar-refractivity contribution < 1.29 is 13.2 Å². The van der Waals surface area contributed by atoms with Gasteiger partial charge in [0.05, 0.1) is 4.90 Å². The first-order valence-corrected chi connectivity index (χ1v) is 8.58. The molecule has 21 heavy (non-hydrogen) atoms. The summed E-state index contributed by atoms with van der Waals surface area (Å²) in [7, 11) is -3.40. The normalized spacial score (nSPS) is 24.7. The minimum atomic E-state index is -3.40. The van der Waals surface area contributed by atoms with Crippen LogP contribution in [0.3, 0.4) is 0 Å². The molecule has 0 spiro atoms. The van der Waals surface area contributed by atoms with E-state index in [1.807, 2.05) is 37.3 Å². The van der Waals surface area contributed by atoms with Crippen LogP contribution in [0.1, 0.15) is 18.9 Å². The van der Waals surface area contributed by atoms with Gasteiger partial charge in [0.25, 0.3) is 0 Å². The van der Waals surface area contributed by atoms with Gasteiger partial charge in [-0.2, -0.15) is 0 Å². The van der Waals surface area contributed by atoms with Crippen LogP contribution in [0.5, 0.6) is 0 Å². The van der Waals surface area contributed by atoms with Gasteiger partial charge in [-0.15, -0.1) is 0 Å². The number of rotatable bonds is 5. The number of ether oxygens (including phenoxy) is 1. The maximum Gasteiger partial charge on any atom is 0.208 e. The third-order valence-corrected chi connectivity index (χ3v) is 6.01. The summed E-state index contributed by atoms with van der Waals surface area (Å²) < 4.78 is 30.6. The Kier molecular flexibility index (Phi) is 3.59. The van der Waals surface area contributed by atoms with Crippen LogP contribution in [0.2, 0.25) is 0 Å². The molecule has 3 rings (SSSR count). The molecule has 2 atom stereocenters. The molecule has 1 aliphatic heterocycles. The molecule has 2 aromatic rings. The third kappa shape index (κ3) is 2.87. The molecule has 0 unspecified atom stereocenters. The highest BCUT2D eigenvalue weighted by molar-refractivity contribution is 7.92. The lowest BCUT2D eigenvalue weighted by Gasteiger charge is -2.07. The number of aryl methyl sites for hydroxylation is 1. The minimum Gasteiger partial charge on any atom is -0.349 e. The zero-order chi connectivity index (χ0) is 14.9. The Morgan fingerprint density at radius 2 is 1.57 bits per heavy atom. The van der Waals surface area contributed by atoms with Crippen molar-refractivity contribution in [3.63, 3.8) is 0 Å². The Morgan fingerprint density at radius 1 is 1.00 bits per heavy atom. The Labute approximate surface area is 125 Å². The number of benzene rings is 2. The summed E-state index contributed by atoms with van der Waals surface area (Å²) in [6.45, 7) is 1.88. The van der Waals surface area contributed by atoms with Crippen LogP contribution in [-0.2, 0) is 21.0 Å². The molecule has 0 bridgehead atoms. The Hall–Kier alpha value is -1.65. The number of epoxide rings is 1. The van der Waals surface area contributed by atoms with Crippen molar-refractivity contribution in [3.05, 3.63) is 66.2 Å². The second kappa shape index (κ2) is 5.28. The first-order valence-electron chi connectivity index (χ1n) is 7.03. The molecule has 0 radical (unpaired) electrons. The summed E-state index contributed by atoms with van der Waals surface area (Å²) >= 11 is 0. The number of sulfone groups is 1. The summed E-state index contributed by atoms with van der Waals surface area (Å²) in [6, 6.07) is 18.6. The van der Waals surface area contributed by atoms with Crippen LogP contribution >= 0.6 is 0 Å². The van der Waals surface area contributed by atoms with E-state index in [0.717, 1.165) is 6.42 Å². The molecule has 0 saturated carbocycles. The first-order chi connectivity index (χ1) is 10.0. The molecule has 110 valence electrons. The summed E-state index contributed by atoms with van der Waals surface area (Å²) in [4.78, 5) is 0.332. The molecule has 4 heteroatoms. The van der Waals surface area contributed by atoms with Crippen LogP contribution < -0.4 is 0 Å². The number of hydrogen-bond acceptors (Lipinski definition) is 3. The molecule has 1 heterocycles. The Morgan fingerprint density at radius 3 is 2.19 bits per heavy atom. The molecule has 1 saturated heterocycles. The average Bonchev–Trinajstić information content (AvgIpc) is 3.21. The van der Waals surface area contributed by atoms with Gasteiger partial charge >= 0.3 is 0 Å². The van der Waals surface area contributed by atoms with Crippen LogP contribution in [0.25, 0.3) is 0 Å². The van der Waals surface area contributed by atoms with Gasteiger partial charge in [0, 0.05) is 0 Å². The van der Waals surface area contributed by atoms with Gasteiger partial charge in [-0.1, -0.05) is 48.5 Å². The lowest BCUT2D eigenvalue weighted by Crippen LogP contribution is -2.19. The van der Waals surface area contributed by atoms with E-state index in [4.69, 9.17) is 4.74 Å². The maximum absolute atomic E-state index is 12.5. The van der Waals surface area contributed by atoms with Crippen molar-refractivity contribution in [1.82, 2.24) is 0 Å². The van der Waals surface area contributed by atoms with E-state index < -0.39 is 20.9 Å². The quantitative estimate of drug-likeness (QED) is 0.797. The van der Waals surface area contributed by atoms with Crippen molar-refractivity contribution in [3.8, 4) is 0 Å². The second-order valence-corrected chi connectivity index (χ2v) is 7.60. The monoisotopic (exact) mass is 302 g/mol. The zero-order valence-corrected chi connectivity index (χ0v) is 12.7. The van der Waals surface area contributed by atoms with Crippen molar-refractivity contribution >= 4 is 9.84 Å². The van der Waals surface area contributed by atoms with Crippen molar-refractivity contribution in [2.75, 3.05) is 0 Å². The summed E-state index contributed by atoms with van der Waals surface area (Å²) in [5, 5.41) is 0. The highest BCUT2D eigenvalue weighted by Gasteiger charge is 2.59. The fourth-order valence-electron chi connectivity index (χ4n) is 2.55. The van der Waals surface area contributed by atoms with E-state index in [-0.39, 0.29) is 0 Å². The molecule has 0 N–H and O–H groups in total. The molecule has 1 aliphatic rings. The fourth-order valence-corrected chi connectivity index (χ4v) is 4.45. The second-order valence-electron chi connectivity index (χ2n) is 5.61. The SMILES string of the molecule is C[C@@]1(CCc2ccccc2)O[C@H]1S(=O)(=O)c1ccccc1. The van der Waals surface area contributed by atoms with E-state index in [1.54, 1.807) is 30.3 Å². The van der Waals surface area contributed by atoms with Gasteiger partial charge < -0.3 is 4.74 Å². The smallest absolute Gasteiger partial charge is 0.208 e. The van der Waals surface area contributed by atoms with E-state index in [9.17, 15) is 8.42 Å². The summed E-state index contributed by atoms with van der Waals surface area (Å²) in [5.74, 6) is 0. The largest absolute Gasteiger partial charge is 0.349 e.